The molecular weight excluding hydrogens is 474 g/mol. The van der Waals surface area contributed by atoms with Crippen molar-refractivity contribution in [1.82, 2.24) is 4.98 Å². The van der Waals surface area contributed by atoms with E-state index in [1.165, 1.54) is 36.7 Å². The van der Waals surface area contributed by atoms with Gasteiger partial charge in [0.25, 0.3) is 15.7 Å². The van der Waals surface area contributed by atoms with E-state index in [0.29, 0.717) is 16.3 Å². The standard InChI is InChI=1S/C20H18ClN5O6S/c1-12-20(28)17(13(11-27)9-22-12)10-23-24-18-6-5-16(8-19(18)26(29)30)33(31,32)25-15-4-2-3-14(21)7-15/h2-10,24-25,27-28H,11H2,1H3. The molecule has 0 amide bonds. The molecule has 1 heterocycles. The number of aromatic hydroxyl groups is 1. The fraction of sp³-hybridized carbons (Fsp3) is 0.100. The Kier molecular flexibility index (Phi) is 7.11. The van der Waals surface area contributed by atoms with Gasteiger partial charge in [-0.2, -0.15) is 5.10 Å². The van der Waals surface area contributed by atoms with Crippen LogP contribution in [0.2, 0.25) is 5.02 Å². The second-order valence-electron chi connectivity index (χ2n) is 6.71. The maximum atomic E-state index is 12.7. The number of aliphatic hydroxyl groups is 1. The summed E-state index contributed by atoms with van der Waals surface area (Å²) in [7, 11) is -4.13. The van der Waals surface area contributed by atoms with Crippen LogP contribution in [0.3, 0.4) is 0 Å². The zero-order valence-electron chi connectivity index (χ0n) is 17.1. The predicted molar refractivity (Wildman–Crippen MR) is 123 cm³/mol. The summed E-state index contributed by atoms with van der Waals surface area (Å²) in [6, 6.07) is 9.25. The minimum absolute atomic E-state index is 0.0891. The molecule has 0 saturated heterocycles. The lowest BCUT2D eigenvalue weighted by molar-refractivity contribution is -0.384. The van der Waals surface area contributed by atoms with Gasteiger partial charge in [0, 0.05) is 28.4 Å². The van der Waals surface area contributed by atoms with Crippen molar-refractivity contribution in [1.29, 1.82) is 0 Å². The van der Waals surface area contributed by atoms with E-state index in [1.807, 2.05) is 0 Å². The van der Waals surface area contributed by atoms with E-state index in [1.54, 1.807) is 19.1 Å². The van der Waals surface area contributed by atoms with Crippen molar-refractivity contribution in [3.8, 4) is 5.75 Å². The number of hydrazone groups is 1. The number of sulfonamides is 1. The molecule has 3 aromatic rings. The minimum Gasteiger partial charge on any atom is -0.505 e. The molecule has 0 radical (unpaired) electrons. The van der Waals surface area contributed by atoms with Crippen molar-refractivity contribution in [3.05, 3.63) is 80.6 Å². The van der Waals surface area contributed by atoms with Crippen LogP contribution in [0.4, 0.5) is 17.1 Å². The fourth-order valence-corrected chi connectivity index (χ4v) is 4.04. The highest BCUT2D eigenvalue weighted by atomic mass is 35.5. The number of aliphatic hydroxyl groups excluding tert-OH is 1. The minimum atomic E-state index is -4.13. The fourth-order valence-electron chi connectivity index (χ4n) is 2.78. The summed E-state index contributed by atoms with van der Waals surface area (Å²) in [6.45, 7) is 1.15. The number of benzene rings is 2. The second kappa shape index (κ2) is 9.81. The summed E-state index contributed by atoms with van der Waals surface area (Å²) in [5.74, 6) is -0.199. The summed E-state index contributed by atoms with van der Waals surface area (Å²) in [6.07, 6.45) is 2.54. The first-order valence-corrected chi connectivity index (χ1v) is 11.1. The molecule has 0 aliphatic rings. The van der Waals surface area contributed by atoms with Gasteiger partial charge in [-0.3, -0.25) is 25.2 Å². The Morgan fingerprint density at radius 2 is 2.03 bits per heavy atom. The van der Waals surface area contributed by atoms with Crippen LogP contribution >= 0.6 is 11.6 Å². The molecule has 4 N–H and O–H groups in total. The molecule has 0 atom stereocenters. The van der Waals surface area contributed by atoms with Crippen molar-refractivity contribution in [2.45, 2.75) is 18.4 Å². The quantitative estimate of drug-likeness (QED) is 0.211. The number of nitrogens with zero attached hydrogens (tertiary/aromatic N) is 3. The van der Waals surface area contributed by atoms with Crippen LogP contribution in [0.15, 0.2) is 58.7 Å². The van der Waals surface area contributed by atoms with Crippen LogP contribution in [0.25, 0.3) is 0 Å². The van der Waals surface area contributed by atoms with Crippen molar-refractivity contribution >= 4 is 44.9 Å². The van der Waals surface area contributed by atoms with E-state index in [-0.39, 0.29) is 27.6 Å². The Labute approximate surface area is 193 Å². The summed E-state index contributed by atoms with van der Waals surface area (Å²) in [5.41, 5.74) is 2.82. The highest BCUT2D eigenvalue weighted by Gasteiger charge is 2.22. The van der Waals surface area contributed by atoms with Gasteiger partial charge in [-0.05, 0) is 37.3 Å². The third-order valence-electron chi connectivity index (χ3n) is 4.46. The number of nitro benzene ring substituents is 1. The van der Waals surface area contributed by atoms with E-state index in [4.69, 9.17) is 11.6 Å². The predicted octanol–water partition coefficient (Wildman–Crippen LogP) is 3.40. The number of aryl methyl sites for hydroxylation is 1. The first kappa shape index (κ1) is 23.9. The molecule has 0 aliphatic heterocycles. The highest BCUT2D eigenvalue weighted by molar-refractivity contribution is 7.92. The van der Waals surface area contributed by atoms with Crippen molar-refractivity contribution < 1.29 is 23.6 Å². The monoisotopic (exact) mass is 491 g/mol. The number of anilines is 2. The molecule has 0 aliphatic carbocycles. The largest absolute Gasteiger partial charge is 0.505 e. The topological polar surface area (TPSA) is 167 Å². The van der Waals surface area contributed by atoms with Gasteiger partial charge in [0.1, 0.15) is 11.4 Å². The maximum Gasteiger partial charge on any atom is 0.295 e. The number of hydrogen-bond donors (Lipinski definition) is 4. The molecular formula is C20H18ClN5O6S. The van der Waals surface area contributed by atoms with Gasteiger partial charge < -0.3 is 10.2 Å². The van der Waals surface area contributed by atoms with Crippen molar-refractivity contribution in [2.75, 3.05) is 10.1 Å². The van der Waals surface area contributed by atoms with Crippen molar-refractivity contribution in [3.63, 3.8) is 0 Å². The first-order valence-electron chi connectivity index (χ1n) is 9.26. The lowest BCUT2D eigenvalue weighted by Crippen LogP contribution is -2.13. The zero-order valence-corrected chi connectivity index (χ0v) is 18.6. The van der Waals surface area contributed by atoms with Crippen LogP contribution in [-0.2, 0) is 16.6 Å². The number of rotatable bonds is 8. The maximum absolute atomic E-state index is 12.7. The van der Waals surface area contributed by atoms with Crippen LogP contribution in [0.1, 0.15) is 16.8 Å². The molecule has 13 heteroatoms. The molecule has 0 bridgehead atoms. The lowest BCUT2D eigenvalue weighted by Gasteiger charge is -2.10. The zero-order chi connectivity index (χ0) is 24.2. The number of aromatic nitrogens is 1. The molecule has 33 heavy (non-hydrogen) atoms. The Bertz CT molecular complexity index is 1350. The van der Waals surface area contributed by atoms with E-state index in [2.05, 4.69) is 20.2 Å². The molecule has 2 aromatic carbocycles. The van der Waals surface area contributed by atoms with Crippen LogP contribution in [-0.4, -0.2) is 34.8 Å². The number of pyridine rings is 1. The summed E-state index contributed by atoms with van der Waals surface area (Å²) in [5, 5.41) is 35.3. The molecule has 0 saturated carbocycles. The Morgan fingerprint density at radius 1 is 1.27 bits per heavy atom. The average molecular weight is 492 g/mol. The smallest absolute Gasteiger partial charge is 0.295 e. The molecule has 11 nitrogen and oxygen atoms in total. The highest BCUT2D eigenvalue weighted by Crippen LogP contribution is 2.29. The van der Waals surface area contributed by atoms with Gasteiger partial charge >= 0.3 is 0 Å². The molecule has 0 spiro atoms. The van der Waals surface area contributed by atoms with Crippen LogP contribution < -0.4 is 10.1 Å². The Hall–Kier alpha value is -3.74. The van der Waals surface area contributed by atoms with Gasteiger partial charge in [-0.25, -0.2) is 8.42 Å². The normalized spacial score (nSPS) is 11.5. The second-order valence-corrected chi connectivity index (χ2v) is 8.83. The molecule has 172 valence electrons. The number of hydrogen-bond acceptors (Lipinski definition) is 9. The third kappa shape index (κ3) is 5.55. The van der Waals surface area contributed by atoms with E-state index in [9.17, 15) is 28.7 Å². The Morgan fingerprint density at radius 3 is 2.70 bits per heavy atom. The van der Waals surface area contributed by atoms with Gasteiger partial charge in [0.15, 0.2) is 0 Å². The summed E-state index contributed by atoms with van der Waals surface area (Å²) < 4.78 is 27.6. The third-order valence-corrected chi connectivity index (χ3v) is 6.07. The summed E-state index contributed by atoms with van der Waals surface area (Å²) in [4.78, 5) is 14.4. The van der Waals surface area contributed by atoms with E-state index >= 15 is 0 Å². The number of halogens is 1. The number of nitrogens with one attached hydrogen (secondary N) is 2. The summed E-state index contributed by atoms with van der Waals surface area (Å²) >= 11 is 5.86. The van der Waals surface area contributed by atoms with Crippen LogP contribution in [0, 0.1) is 17.0 Å². The van der Waals surface area contributed by atoms with Gasteiger partial charge in [0.05, 0.1) is 34.0 Å². The number of nitro groups is 1. The Balaban J connectivity index is 1.89. The van der Waals surface area contributed by atoms with E-state index < -0.39 is 27.2 Å². The molecule has 0 unspecified atom stereocenters. The molecule has 0 fully saturated rings. The van der Waals surface area contributed by atoms with Crippen LogP contribution in [0.5, 0.6) is 5.75 Å². The lowest BCUT2D eigenvalue weighted by atomic mass is 10.1. The van der Waals surface area contributed by atoms with Gasteiger partial charge in [-0.15, -0.1) is 0 Å². The average Bonchev–Trinajstić information content (AvgIpc) is 2.76. The SMILES string of the molecule is Cc1ncc(CO)c(C=NNc2ccc(S(=O)(=O)Nc3cccc(Cl)c3)cc2[N+](=O)[O-])c1O. The first-order chi connectivity index (χ1) is 15.6. The molecule has 1 aromatic heterocycles. The van der Waals surface area contributed by atoms with E-state index in [0.717, 1.165) is 6.07 Å². The van der Waals surface area contributed by atoms with Crippen molar-refractivity contribution in [2.24, 2.45) is 5.10 Å². The molecule has 3 rings (SSSR count). The van der Waals surface area contributed by atoms with Gasteiger partial charge in [-0.1, -0.05) is 17.7 Å². The van der Waals surface area contributed by atoms with Gasteiger partial charge in [0.2, 0.25) is 0 Å².